The van der Waals surface area contributed by atoms with Gasteiger partial charge in [-0.1, -0.05) is 45.4 Å². The quantitative estimate of drug-likeness (QED) is 0.676. The van der Waals surface area contributed by atoms with E-state index in [0.717, 1.165) is 18.7 Å². The Balaban J connectivity index is 2.04. The first-order valence-corrected chi connectivity index (χ1v) is 8.46. The Morgan fingerprint density at radius 2 is 1.42 bits per heavy atom. The van der Waals surface area contributed by atoms with Crippen molar-refractivity contribution >= 4 is 11.4 Å². The van der Waals surface area contributed by atoms with E-state index in [2.05, 4.69) is 6.92 Å². The molecule has 0 bridgehead atoms. The zero-order valence-corrected chi connectivity index (χ0v) is 12.6. The molecule has 0 amide bonds. The van der Waals surface area contributed by atoms with E-state index in [9.17, 15) is 0 Å². The molecule has 2 heteroatoms. The zero-order chi connectivity index (χ0) is 13.5. The summed E-state index contributed by atoms with van der Waals surface area (Å²) in [5.74, 6) is 1.13. The summed E-state index contributed by atoms with van der Waals surface area (Å²) in [5.41, 5.74) is 2.12. The van der Waals surface area contributed by atoms with Gasteiger partial charge in [0.2, 0.25) is 0 Å². The summed E-state index contributed by atoms with van der Waals surface area (Å²) in [6.45, 7) is 3.10. The van der Waals surface area contributed by atoms with E-state index in [1.165, 1.54) is 69.9 Å². The fourth-order valence-electron chi connectivity index (χ4n) is 3.64. The van der Waals surface area contributed by atoms with Crippen molar-refractivity contribution in [2.75, 3.05) is 6.54 Å². The monoisotopic (exact) mass is 262 g/mol. The van der Waals surface area contributed by atoms with Crippen LogP contribution in [0.5, 0.6) is 0 Å². The average molecular weight is 262 g/mol. The molecule has 2 aliphatic carbocycles. The molecule has 2 rings (SSSR count). The predicted molar refractivity (Wildman–Crippen MR) is 83.5 cm³/mol. The smallest absolute Gasteiger partial charge is 0.0589 e. The van der Waals surface area contributed by atoms with Crippen molar-refractivity contribution in [3.05, 3.63) is 0 Å². The summed E-state index contributed by atoms with van der Waals surface area (Å²) in [6.07, 6.45) is 14.2. The second kappa shape index (κ2) is 7.81. The van der Waals surface area contributed by atoms with Gasteiger partial charge in [-0.25, -0.2) is 0 Å². The van der Waals surface area contributed by atoms with Gasteiger partial charge in [0.1, 0.15) is 0 Å². The molecule has 0 aliphatic heterocycles. The number of nitrogens with one attached hydrogen (secondary N) is 1. The van der Waals surface area contributed by atoms with Crippen LogP contribution in [0.3, 0.4) is 0 Å². The second-order valence-electron chi connectivity index (χ2n) is 6.35. The molecule has 0 saturated heterocycles. The van der Waals surface area contributed by atoms with Gasteiger partial charge in [-0.3, -0.25) is 4.99 Å². The van der Waals surface area contributed by atoms with Crippen molar-refractivity contribution in [3.8, 4) is 0 Å². The minimum atomic E-state index is 0.520. The van der Waals surface area contributed by atoms with E-state index in [1.54, 1.807) is 0 Å². The molecule has 0 heterocycles. The molecular weight excluding hydrogens is 232 g/mol. The molecule has 1 N–H and O–H groups in total. The largest absolute Gasteiger partial charge is 0.303 e. The molecule has 0 aromatic carbocycles. The second-order valence-corrected chi connectivity index (χ2v) is 6.35. The van der Waals surface area contributed by atoms with Crippen molar-refractivity contribution in [2.45, 2.75) is 77.6 Å². The summed E-state index contributed by atoms with van der Waals surface area (Å²) < 4.78 is 0. The molecule has 2 aliphatic rings. The van der Waals surface area contributed by atoms with E-state index in [4.69, 9.17) is 10.4 Å². The first-order chi connectivity index (χ1) is 9.33. The highest BCUT2D eigenvalue weighted by atomic mass is 14.8. The third-order valence-electron chi connectivity index (χ3n) is 4.79. The molecular formula is C17H30N2. The lowest BCUT2D eigenvalue weighted by Crippen LogP contribution is -2.32. The molecule has 0 radical (unpaired) electrons. The van der Waals surface area contributed by atoms with Crippen LogP contribution in [0.1, 0.15) is 77.6 Å². The van der Waals surface area contributed by atoms with Crippen LogP contribution in [-0.2, 0) is 0 Å². The lowest BCUT2D eigenvalue weighted by Gasteiger charge is -2.29. The highest BCUT2D eigenvalue weighted by Crippen LogP contribution is 2.30. The van der Waals surface area contributed by atoms with Gasteiger partial charge in [-0.05, 0) is 32.1 Å². The van der Waals surface area contributed by atoms with Crippen LogP contribution < -0.4 is 0 Å². The van der Waals surface area contributed by atoms with Gasteiger partial charge >= 0.3 is 0 Å². The third-order valence-corrected chi connectivity index (χ3v) is 4.79. The van der Waals surface area contributed by atoms with Crippen LogP contribution in [0.25, 0.3) is 0 Å². The van der Waals surface area contributed by atoms with Crippen LogP contribution >= 0.6 is 0 Å². The molecule has 0 spiro atoms. The standard InChI is InChI=1S/C17H30N2/c1-2-13-19-17(15-11-7-4-8-12-15)16(18)14-9-5-3-6-10-14/h14-15,18H,2-13H2,1H3/b18-16?,19-17+. The van der Waals surface area contributed by atoms with Crippen molar-refractivity contribution in [1.82, 2.24) is 0 Å². The van der Waals surface area contributed by atoms with Gasteiger partial charge in [-0.15, -0.1) is 0 Å². The van der Waals surface area contributed by atoms with Crippen LogP contribution in [0.2, 0.25) is 0 Å². The first kappa shape index (κ1) is 14.7. The summed E-state index contributed by atoms with van der Waals surface area (Å²) in [4.78, 5) is 4.83. The van der Waals surface area contributed by atoms with Gasteiger partial charge in [-0.2, -0.15) is 0 Å². The lowest BCUT2D eigenvalue weighted by atomic mass is 9.77. The Morgan fingerprint density at radius 3 is 1.95 bits per heavy atom. The Kier molecular flexibility index (Phi) is 6.06. The van der Waals surface area contributed by atoms with E-state index < -0.39 is 0 Å². The van der Waals surface area contributed by atoms with Crippen LogP contribution in [0, 0.1) is 17.2 Å². The molecule has 108 valence electrons. The highest BCUT2D eigenvalue weighted by molar-refractivity contribution is 6.42. The minimum Gasteiger partial charge on any atom is -0.303 e. The maximum Gasteiger partial charge on any atom is 0.0589 e. The Hall–Kier alpha value is -0.660. The van der Waals surface area contributed by atoms with Gasteiger partial charge in [0.05, 0.1) is 11.4 Å². The molecule has 2 nitrogen and oxygen atoms in total. The van der Waals surface area contributed by atoms with Crippen molar-refractivity contribution in [1.29, 1.82) is 5.41 Å². The van der Waals surface area contributed by atoms with Gasteiger partial charge in [0.15, 0.2) is 0 Å². The van der Waals surface area contributed by atoms with E-state index in [0.29, 0.717) is 11.8 Å². The van der Waals surface area contributed by atoms with E-state index in [1.807, 2.05) is 0 Å². The normalized spacial score (nSPS) is 23.5. The summed E-state index contributed by atoms with van der Waals surface area (Å²) in [6, 6.07) is 0. The molecule has 19 heavy (non-hydrogen) atoms. The van der Waals surface area contributed by atoms with Crippen molar-refractivity contribution < 1.29 is 0 Å². The Bertz CT molecular complexity index is 307. The van der Waals surface area contributed by atoms with E-state index in [-0.39, 0.29) is 0 Å². The Morgan fingerprint density at radius 1 is 0.895 bits per heavy atom. The summed E-state index contributed by atoms with van der Waals surface area (Å²) in [5, 5.41) is 8.62. The molecule has 0 unspecified atom stereocenters. The summed E-state index contributed by atoms with van der Waals surface area (Å²) in [7, 11) is 0. The van der Waals surface area contributed by atoms with Crippen molar-refractivity contribution in [3.63, 3.8) is 0 Å². The third kappa shape index (κ3) is 4.15. The molecule has 2 fully saturated rings. The van der Waals surface area contributed by atoms with Crippen LogP contribution in [0.4, 0.5) is 0 Å². The topological polar surface area (TPSA) is 36.2 Å². The zero-order valence-electron chi connectivity index (χ0n) is 12.6. The van der Waals surface area contributed by atoms with Crippen LogP contribution in [0.15, 0.2) is 4.99 Å². The van der Waals surface area contributed by atoms with Crippen LogP contribution in [-0.4, -0.2) is 18.0 Å². The fraction of sp³-hybridized carbons (Fsp3) is 0.882. The predicted octanol–water partition coefficient (Wildman–Crippen LogP) is 5.02. The lowest BCUT2D eigenvalue weighted by molar-refractivity contribution is 0.427. The number of hydrogen-bond acceptors (Lipinski definition) is 2. The van der Waals surface area contributed by atoms with Gasteiger partial charge < -0.3 is 5.41 Å². The maximum atomic E-state index is 8.62. The molecule has 0 atom stereocenters. The number of rotatable bonds is 5. The minimum absolute atomic E-state index is 0.520. The van der Waals surface area contributed by atoms with E-state index >= 15 is 0 Å². The number of aliphatic imine (C=N–C) groups is 1. The van der Waals surface area contributed by atoms with Gasteiger partial charge in [0, 0.05) is 18.4 Å². The average Bonchev–Trinajstić information content (AvgIpc) is 2.49. The number of nitrogens with zero attached hydrogens (tertiary/aromatic N) is 1. The van der Waals surface area contributed by atoms with Crippen molar-refractivity contribution in [2.24, 2.45) is 16.8 Å². The summed E-state index contributed by atoms with van der Waals surface area (Å²) >= 11 is 0. The highest BCUT2D eigenvalue weighted by Gasteiger charge is 2.27. The first-order valence-electron chi connectivity index (χ1n) is 8.46. The SMILES string of the molecule is CCC/N=C(/C(=N)C1CCCCC1)C1CCCCC1. The maximum absolute atomic E-state index is 8.62. The molecule has 0 aromatic rings. The molecule has 2 saturated carbocycles. The Labute approximate surface area is 118 Å². The molecule has 0 aromatic heterocycles. The van der Waals surface area contributed by atoms with Gasteiger partial charge in [0.25, 0.3) is 0 Å². The fourth-order valence-corrected chi connectivity index (χ4v) is 3.64. The number of hydrogen-bond donors (Lipinski definition) is 1.